The summed E-state index contributed by atoms with van der Waals surface area (Å²) in [5, 5.41) is 0.527. The van der Waals surface area contributed by atoms with Crippen LogP contribution in [0.3, 0.4) is 0 Å². The molecule has 0 saturated carbocycles. The summed E-state index contributed by atoms with van der Waals surface area (Å²) in [4.78, 5) is 0.0883. The molecule has 20 heavy (non-hydrogen) atoms. The van der Waals surface area contributed by atoms with Crippen molar-refractivity contribution in [2.75, 3.05) is 13.1 Å². The first-order valence-corrected chi connectivity index (χ1v) is 8.65. The van der Waals surface area contributed by atoms with Gasteiger partial charge in [-0.3, -0.25) is 0 Å². The summed E-state index contributed by atoms with van der Waals surface area (Å²) in [5.41, 5.74) is 6.15. The molecule has 0 amide bonds. The Morgan fingerprint density at radius 3 is 2.25 bits per heavy atom. The van der Waals surface area contributed by atoms with Crippen molar-refractivity contribution in [2.24, 2.45) is 17.6 Å². The fourth-order valence-corrected chi connectivity index (χ4v) is 4.83. The van der Waals surface area contributed by atoms with Gasteiger partial charge in [-0.25, -0.2) is 8.42 Å². The van der Waals surface area contributed by atoms with Crippen LogP contribution in [0.25, 0.3) is 0 Å². The van der Waals surface area contributed by atoms with Gasteiger partial charge in [0, 0.05) is 24.7 Å². The number of sulfonamides is 1. The lowest BCUT2D eigenvalue weighted by Crippen LogP contribution is -2.29. The van der Waals surface area contributed by atoms with Crippen molar-refractivity contribution in [3.63, 3.8) is 0 Å². The Bertz CT molecular complexity index is 609. The summed E-state index contributed by atoms with van der Waals surface area (Å²) in [7, 11) is -3.60. The molecule has 1 saturated heterocycles. The lowest BCUT2D eigenvalue weighted by atomic mass is 10.0. The summed E-state index contributed by atoms with van der Waals surface area (Å²) >= 11 is 12.0. The Balaban J connectivity index is 2.45. The standard InChI is InChI=1S/C13H18Cl2N2O2S/c1-8-6-17(7-9(8)2)20(18,19)13-3-10(5-16)11(14)4-12(13)15/h3-4,8-9H,5-7,16H2,1-2H3. The highest BCUT2D eigenvalue weighted by molar-refractivity contribution is 7.89. The molecular weight excluding hydrogens is 319 g/mol. The number of hydrogen-bond donors (Lipinski definition) is 1. The molecule has 1 aromatic rings. The largest absolute Gasteiger partial charge is 0.326 e. The highest BCUT2D eigenvalue weighted by Gasteiger charge is 2.36. The molecule has 0 aliphatic carbocycles. The lowest BCUT2D eigenvalue weighted by Gasteiger charge is -2.18. The Morgan fingerprint density at radius 1 is 1.20 bits per heavy atom. The minimum absolute atomic E-state index is 0.0883. The topological polar surface area (TPSA) is 63.4 Å². The van der Waals surface area contributed by atoms with Crippen molar-refractivity contribution in [1.82, 2.24) is 4.31 Å². The fraction of sp³-hybridized carbons (Fsp3) is 0.538. The summed E-state index contributed by atoms with van der Waals surface area (Å²) in [5.74, 6) is 0.676. The third-order valence-corrected chi connectivity index (χ3v) is 6.54. The Labute approximate surface area is 129 Å². The second-order valence-corrected chi connectivity index (χ2v) is 8.08. The lowest BCUT2D eigenvalue weighted by molar-refractivity contribution is 0.463. The maximum atomic E-state index is 12.7. The van der Waals surface area contributed by atoms with Gasteiger partial charge in [0.25, 0.3) is 0 Å². The number of benzene rings is 1. The first-order chi connectivity index (χ1) is 9.27. The zero-order chi connectivity index (χ0) is 15.1. The molecule has 4 nitrogen and oxygen atoms in total. The van der Waals surface area contributed by atoms with E-state index >= 15 is 0 Å². The number of halogens is 2. The quantitative estimate of drug-likeness (QED) is 0.922. The number of nitrogens with two attached hydrogens (primary N) is 1. The van der Waals surface area contributed by atoms with E-state index in [1.165, 1.54) is 16.4 Å². The third kappa shape index (κ3) is 2.83. The van der Waals surface area contributed by atoms with E-state index < -0.39 is 10.0 Å². The van der Waals surface area contributed by atoms with Crippen LogP contribution in [0.4, 0.5) is 0 Å². The first kappa shape index (κ1) is 16.0. The Hall–Kier alpha value is -0.330. The van der Waals surface area contributed by atoms with Crippen molar-refractivity contribution in [2.45, 2.75) is 25.3 Å². The van der Waals surface area contributed by atoms with Crippen molar-refractivity contribution in [3.8, 4) is 0 Å². The predicted octanol–water partition coefficient (Wildman–Crippen LogP) is 2.73. The van der Waals surface area contributed by atoms with Crippen LogP contribution >= 0.6 is 23.2 Å². The molecule has 1 fully saturated rings. The van der Waals surface area contributed by atoms with Crippen LogP contribution < -0.4 is 5.73 Å². The van der Waals surface area contributed by atoms with Crippen LogP contribution in [0, 0.1) is 11.8 Å². The zero-order valence-electron chi connectivity index (χ0n) is 11.4. The van der Waals surface area contributed by atoms with Crippen molar-refractivity contribution < 1.29 is 8.42 Å². The molecule has 2 unspecified atom stereocenters. The van der Waals surface area contributed by atoms with Gasteiger partial charge in [0.1, 0.15) is 4.90 Å². The normalized spacial score (nSPS) is 24.2. The molecule has 1 aliphatic heterocycles. The summed E-state index contributed by atoms with van der Waals surface area (Å²) in [6, 6.07) is 2.93. The molecule has 2 atom stereocenters. The maximum absolute atomic E-state index is 12.7. The molecule has 7 heteroatoms. The van der Waals surface area contributed by atoms with Crippen molar-refractivity contribution in [1.29, 1.82) is 0 Å². The predicted molar refractivity (Wildman–Crippen MR) is 81.4 cm³/mol. The molecule has 1 heterocycles. The van der Waals surface area contributed by atoms with Gasteiger partial charge < -0.3 is 5.73 Å². The van der Waals surface area contributed by atoms with Crippen LogP contribution in [-0.2, 0) is 16.6 Å². The van der Waals surface area contributed by atoms with E-state index in [9.17, 15) is 8.42 Å². The molecule has 0 radical (unpaired) electrons. The Morgan fingerprint density at radius 2 is 1.75 bits per heavy atom. The molecule has 0 bridgehead atoms. The van der Waals surface area contributed by atoms with Gasteiger partial charge in [0.05, 0.1) is 5.02 Å². The van der Waals surface area contributed by atoms with E-state index in [2.05, 4.69) is 13.8 Å². The van der Waals surface area contributed by atoms with E-state index in [4.69, 9.17) is 28.9 Å². The molecule has 2 N–H and O–H groups in total. The minimum Gasteiger partial charge on any atom is -0.326 e. The monoisotopic (exact) mass is 336 g/mol. The van der Waals surface area contributed by atoms with Crippen LogP contribution in [0.2, 0.25) is 10.0 Å². The van der Waals surface area contributed by atoms with Gasteiger partial charge >= 0.3 is 0 Å². The van der Waals surface area contributed by atoms with E-state index in [1.807, 2.05) is 0 Å². The smallest absolute Gasteiger partial charge is 0.244 e. The van der Waals surface area contributed by atoms with Crippen LogP contribution in [0.15, 0.2) is 17.0 Å². The average molecular weight is 337 g/mol. The van der Waals surface area contributed by atoms with Gasteiger partial charge in [-0.05, 0) is 29.5 Å². The highest BCUT2D eigenvalue weighted by Crippen LogP contribution is 2.33. The summed E-state index contributed by atoms with van der Waals surface area (Å²) in [6.45, 7) is 5.30. The molecule has 112 valence electrons. The van der Waals surface area contributed by atoms with Crippen LogP contribution in [0.1, 0.15) is 19.4 Å². The number of rotatable bonds is 3. The molecule has 1 aliphatic rings. The van der Waals surface area contributed by atoms with Gasteiger partial charge in [-0.2, -0.15) is 4.31 Å². The first-order valence-electron chi connectivity index (χ1n) is 6.45. The fourth-order valence-electron chi connectivity index (χ4n) is 2.34. The van der Waals surface area contributed by atoms with E-state index in [0.717, 1.165) is 0 Å². The van der Waals surface area contributed by atoms with E-state index in [1.54, 1.807) is 0 Å². The third-order valence-electron chi connectivity index (χ3n) is 3.89. The molecular formula is C13H18Cl2N2O2S. The number of nitrogens with zero attached hydrogens (tertiary/aromatic N) is 1. The average Bonchev–Trinajstić information content (AvgIpc) is 2.70. The molecule has 2 rings (SSSR count). The second kappa shape index (κ2) is 5.81. The van der Waals surface area contributed by atoms with Gasteiger partial charge in [-0.1, -0.05) is 37.0 Å². The van der Waals surface area contributed by atoms with Crippen molar-refractivity contribution >= 4 is 33.2 Å². The second-order valence-electron chi connectivity index (χ2n) is 5.35. The summed E-state index contributed by atoms with van der Waals surface area (Å²) < 4.78 is 26.9. The Kier molecular flexibility index (Phi) is 4.66. The van der Waals surface area contributed by atoms with Crippen molar-refractivity contribution in [3.05, 3.63) is 27.7 Å². The number of hydrogen-bond acceptors (Lipinski definition) is 3. The van der Waals surface area contributed by atoms with Gasteiger partial charge in [0.15, 0.2) is 0 Å². The SMILES string of the molecule is CC1CN(S(=O)(=O)c2cc(CN)c(Cl)cc2Cl)CC1C. The van der Waals surface area contributed by atoms with Gasteiger partial charge in [0.2, 0.25) is 10.0 Å². The molecule has 0 aromatic heterocycles. The van der Waals surface area contributed by atoms with Gasteiger partial charge in [-0.15, -0.1) is 0 Å². The zero-order valence-corrected chi connectivity index (χ0v) is 13.8. The van der Waals surface area contributed by atoms with Crippen LogP contribution in [-0.4, -0.2) is 25.8 Å². The van der Waals surface area contributed by atoms with E-state index in [-0.39, 0.29) is 16.5 Å². The van der Waals surface area contributed by atoms with E-state index in [0.29, 0.717) is 35.5 Å². The van der Waals surface area contributed by atoms with Crippen LogP contribution in [0.5, 0.6) is 0 Å². The maximum Gasteiger partial charge on any atom is 0.244 e. The summed E-state index contributed by atoms with van der Waals surface area (Å²) in [6.07, 6.45) is 0. The minimum atomic E-state index is -3.60. The highest BCUT2D eigenvalue weighted by atomic mass is 35.5. The molecule has 1 aromatic carbocycles. The molecule has 0 spiro atoms.